The molecule has 0 atom stereocenters. The molecule has 1 aliphatic rings. The molecule has 16 heavy (non-hydrogen) atoms. The fourth-order valence-electron chi connectivity index (χ4n) is 0.727. The van der Waals surface area contributed by atoms with Crippen molar-refractivity contribution >= 4 is 6.03 Å². The largest absolute Gasteiger partial charge is 0.362 e. The van der Waals surface area contributed by atoms with Crippen molar-refractivity contribution in [2.75, 3.05) is 0 Å². The molecule has 0 fully saturated rings. The second kappa shape index (κ2) is 5.89. The lowest BCUT2D eigenvalue weighted by atomic mass is 10.0. The zero-order chi connectivity index (χ0) is 12.8. The van der Waals surface area contributed by atoms with Crippen molar-refractivity contribution in [1.29, 1.82) is 0 Å². The van der Waals surface area contributed by atoms with Crippen molar-refractivity contribution in [2.45, 2.75) is 12.2 Å². The number of hydrogen-bond acceptors (Lipinski definition) is 5. The average Bonchev–Trinajstić information content (AvgIpc) is 2.18. The molecule has 0 unspecified atom stereocenters. The third-order valence-electron chi connectivity index (χ3n) is 1.57. The highest BCUT2D eigenvalue weighted by atomic mass is 16.5. The minimum atomic E-state index is -1.69. The monoisotopic (exact) mass is 226 g/mol. The Morgan fingerprint density at radius 2 is 2.06 bits per heavy atom. The van der Waals surface area contributed by atoms with Crippen LogP contribution in [0.4, 0.5) is 4.79 Å². The minimum Gasteiger partial charge on any atom is -0.362 e. The highest BCUT2D eigenvalue weighted by molar-refractivity contribution is 5.70. The number of primary amides is 1. The molecule has 0 saturated heterocycles. The van der Waals surface area contributed by atoms with Crippen LogP contribution in [0.3, 0.4) is 0 Å². The maximum Gasteiger partial charge on any atom is 0.343 e. The van der Waals surface area contributed by atoms with Gasteiger partial charge in [-0.15, -0.1) is 6.42 Å². The number of hydrogen-bond donors (Lipinski definition) is 5. The number of nitrogens with two attached hydrogens (primary N) is 3. The molecule has 0 bridgehead atoms. The summed E-state index contributed by atoms with van der Waals surface area (Å²) in [5, 5.41) is 18.2. The highest BCUT2D eigenvalue weighted by Crippen LogP contribution is 2.16. The maximum absolute atomic E-state index is 9.60. The quantitative estimate of drug-likeness (QED) is 0.110. The van der Waals surface area contributed by atoms with E-state index in [9.17, 15) is 4.79 Å². The van der Waals surface area contributed by atoms with Gasteiger partial charge in [0.05, 0.1) is 0 Å². The lowest BCUT2D eigenvalue weighted by Gasteiger charge is -2.17. The van der Waals surface area contributed by atoms with E-state index in [0.29, 0.717) is 10.7 Å². The lowest BCUT2D eigenvalue weighted by molar-refractivity contribution is -0.115. The van der Waals surface area contributed by atoms with Gasteiger partial charge in [0.1, 0.15) is 0 Å². The number of allylic oxidation sites excluding steroid dienone is 2. The lowest BCUT2D eigenvalue weighted by Crippen LogP contribution is -2.46. The van der Waals surface area contributed by atoms with E-state index in [2.05, 4.69) is 23.3 Å². The number of urea groups is 1. The summed E-state index contributed by atoms with van der Waals surface area (Å²) in [6, 6.07) is -0.852. The van der Waals surface area contributed by atoms with Crippen LogP contribution in [0.5, 0.6) is 0 Å². The summed E-state index contributed by atoms with van der Waals surface area (Å²) in [4.78, 5) is 9.60. The first-order valence-electron chi connectivity index (χ1n) is 4.18. The molecule has 0 saturated carbocycles. The van der Waals surface area contributed by atoms with Gasteiger partial charge < -0.3 is 15.9 Å². The van der Waals surface area contributed by atoms with Gasteiger partial charge in [0.2, 0.25) is 0 Å². The summed E-state index contributed by atoms with van der Waals surface area (Å²) in [5.74, 6) is 9.84. The number of carbonyl (C=O) groups excluding carboxylic acids is 1. The zero-order valence-electron chi connectivity index (χ0n) is 8.50. The van der Waals surface area contributed by atoms with E-state index in [1.165, 1.54) is 12.2 Å². The first kappa shape index (κ1) is 14.2. The molecular formula is C9H14N4O3. The molecule has 0 aromatic carbocycles. The Hall–Kier alpha value is -1.85. The molecule has 0 radical (unpaired) electrons. The molecule has 7 nitrogen and oxygen atoms in total. The highest BCUT2D eigenvalue weighted by Gasteiger charge is 2.19. The Balaban J connectivity index is 0.000000325. The van der Waals surface area contributed by atoms with Crippen LogP contribution in [0.1, 0.15) is 6.42 Å². The van der Waals surface area contributed by atoms with Gasteiger partial charge in [-0.25, -0.2) is 16.5 Å². The number of hydrazine groups is 2. The van der Waals surface area contributed by atoms with Crippen molar-refractivity contribution in [3.63, 3.8) is 0 Å². The van der Waals surface area contributed by atoms with Gasteiger partial charge in [0, 0.05) is 12.0 Å². The van der Waals surface area contributed by atoms with Crippen LogP contribution in [0, 0.1) is 12.3 Å². The number of amides is 2. The van der Waals surface area contributed by atoms with E-state index < -0.39 is 11.8 Å². The van der Waals surface area contributed by atoms with Crippen LogP contribution in [0.25, 0.3) is 0 Å². The first-order valence-corrected chi connectivity index (χ1v) is 4.18. The predicted octanol–water partition coefficient (Wildman–Crippen LogP) is -1.70. The fourth-order valence-corrected chi connectivity index (χ4v) is 0.727. The van der Waals surface area contributed by atoms with Crippen LogP contribution < -0.4 is 17.4 Å². The van der Waals surface area contributed by atoms with E-state index in [4.69, 9.17) is 16.6 Å². The molecule has 1 aliphatic carbocycles. The van der Waals surface area contributed by atoms with Crippen molar-refractivity contribution < 1.29 is 15.0 Å². The first-order chi connectivity index (χ1) is 7.28. The van der Waals surface area contributed by atoms with E-state index in [0.717, 1.165) is 0 Å². The second-order valence-corrected chi connectivity index (χ2v) is 2.97. The van der Waals surface area contributed by atoms with Crippen LogP contribution in [0.15, 0.2) is 23.8 Å². The summed E-state index contributed by atoms with van der Waals surface area (Å²) in [7, 11) is 0. The zero-order valence-corrected chi connectivity index (χ0v) is 8.50. The predicted molar refractivity (Wildman–Crippen MR) is 57.6 cm³/mol. The van der Waals surface area contributed by atoms with Crippen LogP contribution in [-0.2, 0) is 0 Å². The Kier molecular flexibility index (Phi) is 5.21. The maximum atomic E-state index is 9.60. The summed E-state index contributed by atoms with van der Waals surface area (Å²) >= 11 is 0. The van der Waals surface area contributed by atoms with Gasteiger partial charge >= 0.3 is 6.03 Å². The van der Waals surface area contributed by atoms with Crippen molar-refractivity contribution in [3.8, 4) is 12.3 Å². The summed E-state index contributed by atoms with van der Waals surface area (Å²) in [5.41, 5.74) is 5.17. The summed E-state index contributed by atoms with van der Waals surface area (Å²) in [6.45, 7) is 0. The third-order valence-corrected chi connectivity index (χ3v) is 1.57. The average molecular weight is 226 g/mol. The Morgan fingerprint density at radius 1 is 1.56 bits per heavy atom. The van der Waals surface area contributed by atoms with E-state index >= 15 is 0 Å². The Morgan fingerprint density at radius 3 is 2.31 bits per heavy atom. The molecule has 0 spiro atoms. The van der Waals surface area contributed by atoms with Gasteiger partial charge in [-0.2, -0.15) is 5.12 Å². The molecular weight excluding hydrogens is 212 g/mol. The summed E-state index contributed by atoms with van der Waals surface area (Å²) < 4.78 is 0. The fraction of sp³-hybridized carbons (Fsp3) is 0.222. The minimum absolute atomic E-state index is 0.170. The number of aliphatic hydroxyl groups is 2. The van der Waals surface area contributed by atoms with E-state index in [1.54, 1.807) is 6.08 Å². The van der Waals surface area contributed by atoms with Gasteiger partial charge in [-0.1, -0.05) is 12.0 Å². The molecule has 2 amide bonds. The molecule has 0 aromatic rings. The number of nitrogens with zero attached hydrogens (tertiary/aromatic N) is 1. The summed E-state index contributed by atoms with van der Waals surface area (Å²) in [6.07, 6.45) is 9.64. The van der Waals surface area contributed by atoms with E-state index in [1.807, 2.05) is 0 Å². The second-order valence-electron chi connectivity index (χ2n) is 2.97. The van der Waals surface area contributed by atoms with Crippen molar-refractivity contribution in [2.24, 2.45) is 17.4 Å². The molecule has 8 N–H and O–H groups in total. The molecule has 0 heterocycles. The Labute approximate surface area is 92.7 Å². The van der Waals surface area contributed by atoms with Gasteiger partial charge in [0.15, 0.2) is 5.79 Å². The Bertz CT molecular complexity index is 352. The topological polar surface area (TPSA) is 139 Å². The smallest absolute Gasteiger partial charge is 0.343 e. The molecule has 7 heteroatoms. The van der Waals surface area contributed by atoms with Crippen molar-refractivity contribution in [1.82, 2.24) is 5.12 Å². The molecule has 88 valence electrons. The number of rotatable bonds is 0. The number of terminal acetylenes is 1. The van der Waals surface area contributed by atoms with Crippen molar-refractivity contribution in [3.05, 3.63) is 23.8 Å². The van der Waals surface area contributed by atoms with Crippen LogP contribution in [0.2, 0.25) is 0 Å². The van der Waals surface area contributed by atoms with Gasteiger partial charge in [0.25, 0.3) is 0 Å². The normalized spacial score (nSPS) is 16.3. The molecule has 1 rings (SSSR count). The van der Waals surface area contributed by atoms with Gasteiger partial charge in [-0.3, -0.25) is 0 Å². The van der Waals surface area contributed by atoms with Crippen LogP contribution in [-0.4, -0.2) is 27.1 Å². The third kappa shape index (κ3) is 5.79. The standard InChI is InChI=1S/C8H8O2.CH6N4O/c1-2-7-3-5-8(9,10)6-4-7;2-1(6)5(3)4/h1,3-5,9-10H,6H2;3-4H2,(H2,2,6). The SMILES string of the molecule is C#CC1=CCC(O)(O)C=C1.NC(=O)N(N)N. The van der Waals surface area contributed by atoms with Crippen LogP contribution >= 0.6 is 0 Å². The van der Waals surface area contributed by atoms with Gasteiger partial charge in [-0.05, 0) is 12.2 Å². The van der Waals surface area contributed by atoms with E-state index in [-0.39, 0.29) is 6.42 Å². The number of carbonyl (C=O) groups is 1. The molecule has 0 aromatic heterocycles. The molecule has 0 aliphatic heterocycles.